The molecule has 2 aromatic carbocycles. The van der Waals surface area contributed by atoms with Crippen LogP contribution in [0.4, 0.5) is 27.6 Å². The van der Waals surface area contributed by atoms with E-state index in [1.165, 1.54) is 0 Å². The Balaban J connectivity index is 1.99. The van der Waals surface area contributed by atoms with Crippen LogP contribution in [0, 0.1) is 11.6 Å². The fourth-order valence-corrected chi connectivity index (χ4v) is 1.83. The predicted octanol–water partition coefficient (Wildman–Crippen LogP) is 3.78. The highest BCUT2D eigenvalue weighted by Gasteiger charge is 2.31. The Morgan fingerprint density at radius 3 is 2.20 bits per heavy atom. The number of amides is 1. The number of benzene rings is 2. The van der Waals surface area contributed by atoms with Gasteiger partial charge < -0.3 is 10.1 Å². The number of esters is 1. The van der Waals surface area contributed by atoms with Gasteiger partial charge in [-0.05, 0) is 30.3 Å². The van der Waals surface area contributed by atoms with Gasteiger partial charge in [-0.2, -0.15) is 13.2 Å². The third-order valence-corrected chi connectivity index (χ3v) is 2.99. The quantitative estimate of drug-likeness (QED) is 0.668. The highest BCUT2D eigenvalue weighted by atomic mass is 19.4. The SMILES string of the molecule is O=C(COC(=O)c1cccc(C(F)(F)F)c1)Nc1c(F)cccc1F. The standard InChI is InChI=1S/C16H10F5NO3/c17-11-5-2-6-12(18)14(11)22-13(23)8-25-15(24)9-3-1-4-10(7-9)16(19,20)21/h1-7H,8H2,(H,22,23). The molecule has 0 atom stereocenters. The minimum Gasteiger partial charge on any atom is -0.452 e. The Kier molecular flexibility index (Phi) is 5.35. The van der Waals surface area contributed by atoms with Gasteiger partial charge in [-0.15, -0.1) is 0 Å². The monoisotopic (exact) mass is 359 g/mol. The highest BCUT2D eigenvalue weighted by molar-refractivity contribution is 5.95. The van der Waals surface area contributed by atoms with E-state index in [1.54, 1.807) is 0 Å². The summed E-state index contributed by atoms with van der Waals surface area (Å²) in [6, 6.07) is 6.33. The molecule has 0 aliphatic carbocycles. The van der Waals surface area contributed by atoms with Gasteiger partial charge >= 0.3 is 12.1 Å². The highest BCUT2D eigenvalue weighted by Crippen LogP contribution is 2.29. The summed E-state index contributed by atoms with van der Waals surface area (Å²) < 4.78 is 69.0. The zero-order chi connectivity index (χ0) is 18.6. The van der Waals surface area contributed by atoms with Crippen molar-refractivity contribution in [3.8, 4) is 0 Å². The first kappa shape index (κ1) is 18.4. The second kappa shape index (κ2) is 7.29. The molecule has 0 fully saturated rings. The lowest BCUT2D eigenvalue weighted by molar-refractivity contribution is -0.137. The van der Waals surface area contributed by atoms with Gasteiger partial charge in [0.25, 0.3) is 5.91 Å². The Bertz CT molecular complexity index is 784. The van der Waals surface area contributed by atoms with E-state index in [2.05, 4.69) is 4.74 Å². The minimum absolute atomic E-state index is 0.417. The molecular formula is C16H10F5NO3. The molecule has 2 aromatic rings. The molecule has 4 nitrogen and oxygen atoms in total. The number of rotatable bonds is 4. The smallest absolute Gasteiger partial charge is 0.416 e. The second-order valence-corrected chi connectivity index (χ2v) is 4.80. The maximum atomic E-state index is 13.4. The van der Waals surface area contributed by atoms with Crippen molar-refractivity contribution >= 4 is 17.6 Å². The summed E-state index contributed by atoms with van der Waals surface area (Å²) in [5.74, 6) is -4.30. The molecule has 0 heterocycles. The average molecular weight is 359 g/mol. The van der Waals surface area contributed by atoms with Crippen molar-refractivity contribution in [2.75, 3.05) is 11.9 Å². The summed E-state index contributed by atoms with van der Waals surface area (Å²) in [7, 11) is 0. The fraction of sp³-hybridized carbons (Fsp3) is 0.125. The van der Waals surface area contributed by atoms with E-state index in [9.17, 15) is 31.5 Å². The average Bonchev–Trinajstić information content (AvgIpc) is 2.55. The van der Waals surface area contributed by atoms with Crippen LogP contribution in [-0.4, -0.2) is 18.5 Å². The lowest BCUT2D eigenvalue weighted by Gasteiger charge is -2.10. The molecule has 0 aromatic heterocycles. The molecule has 0 aliphatic heterocycles. The molecule has 0 spiro atoms. The maximum Gasteiger partial charge on any atom is 0.416 e. The number of anilines is 1. The number of carbonyl (C=O) groups excluding carboxylic acids is 2. The summed E-state index contributed by atoms with van der Waals surface area (Å²) in [5, 5.41) is 1.87. The van der Waals surface area contributed by atoms with Crippen molar-refractivity contribution in [1.82, 2.24) is 0 Å². The van der Waals surface area contributed by atoms with E-state index in [-0.39, 0.29) is 0 Å². The molecule has 132 valence electrons. The first-order valence-electron chi connectivity index (χ1n) is 6.76. The summed E-state index contributed by atoms with van der Waals surface area (Å²) in [6.07, 6.45) is -4.64. The topological polar surface area (TPSA) is 55.4 Å². The number of carbonyl (C=O) groups is 2. The second-order valence-electron chi connectivity index (χ2n) is 4.80. The van der Waals surface area contributed by atoms with E-state index < -0.39 is 53.1 Å². The van der Waals surface area contributed by atoms with E-state index in [0.29, 0.717) is 6.07 Å². The van der Waals surface area contributed by atoms with Crippen molar-refractivity contribution < 1.29 is 36.3 Å². The normalized spacial score (nSPS) is 11.1. The first-order chi connectivity index (χ1) is 11.7. The Labute approximate surface area is 138 Å². The first-order valence-corrected chi connectivity index (χ1v) is 6.76. The van der Waals surface area contributed by atoms with Gasteiger partial charge in [0.1, 0.15) is 17.3 Å². The number of alkyl halides is 3. The molecule has 0 unspecified atom stereocenters. The van der Waals surface area contributed by atoms with E-state index in [0.717, 1.165) is 36.4 Å². The molecule has 0 bridgehead atoms. The number of ether oxygens (including phenoxy) is 1. The van der Waals surface area contributed by atoms with E-state index in [4.69, 9.17) is 0 Å². The van der Waals surface area contributed by atoms with Gasteiger partial charge in [0, 0.05) is 0 Å². The summed E-state index contributed by atoms with van der Waals surface area (Å²) in [4.78, 5) is 23.3. The van der Waals surface area contributed by atoms with Crippen LogP contribution in [0.25, 0.3) is 0 Å². The number of halogens is 5. The predicted molar refractivity (Wildman–Crippen MR) is 76.7 cm³/mol. The van der Waals surface area contributed by atoms with Crippen molar-refractivity contribution in [2.24, 2.45) is 0 Å². The zero-order valence-electron chi connectivity index (χ0n) is 12.4. The molecule has 0 saturated heterocycles. The molecule has 0 saturated carbocycles. The minimum atomic E-state index is -4.64. The van der Waals surface area contributed by atoms with Crippen LogP contribution in [0.1, 0.15) is 15.9 Å². The number of para-hydroxylation sites is 1. The number of hydrogen-bond acceptors (Lipinski definition) is 3. The molecule has 0 radical (unpaired) electrons. The number of nitrogens with one attached hydrogen (secondary N) is 1. The lowest BCUT2D eigenvalue weighted by Crippen LogP contribution is -2.22. The van der Waals surface area contributed by atoms with Crippen LogP contribution in [-0.2, 0) is 15.7 Å². The Hall–Kier alpha value is -2.97. The van der Waals surface area contributed by atoms with Gasteiger partial charge in [0.15, 0.2) is 6.61 Å². The van der Waals surface area contributed by atoms with Crippen molar-refractivity contribution in [3.05, 3.63) is 65.2 Å². The Morgan fingerprint density at radius 2 is 1.60 bits per heavy atom. The summed E-state index contributed by atoms with van der Waals surface area (Å²) in [5.41, 5.74) is -2.19. The van der Waals surface area contributed by atoms with Crippen molar-refractivity contribution in [2.45, 2.75) is 6.18 Å². The largest absolute Gasteiger partial charge is 0.452 e. The van der Waals surface area contributed by atoms with Crippen LogP contribution in [0.3, 0.4) is 0 Å². The van der Waals surface area contributed by atoms with E-state index in [1.807, 2.05) is 5.32 Å². The van der Waals surface area contributed by atoms with Crippen molar-refractivity contribution in [3.63, 3.8) is 0 Å². The van der Waals surface area contributed by atoms with Gasteiger partial charge in [0.05, 0.1) is 11.1 Å². The van der Waals surface area contributed by atoms with Crippen LogP contribution >= 0.6 is 0 Å². The van der Waals surface area contributed by atoms with Crippen LogP contribution < -0.4 is 5.32 Å². The summed E-state index contributed by atoms with van der Waals surface area (Å²) >= 11 is 0. The molecule has 25 heavy (non-hydrogen) atoms. The van der Waals surface area contributed by atoms with Gasteiger partial charge in [-0.25, -0.2) is 13.6 Å². The fourth-order valence-electron chi connectivity index (χ4n) is 1.83. The third-order valence-electron chi connectivity index (χ3n) is 2.99. The van der Waals surface area contributed by atoms with Crippen LogP contribution in [0.5, 0.6) is 0 Å². The molecule has 1 N–H and O–H groups in total. The lowest BCUT2D eigenvalue weighted by atomic mass is 10.1. The van der Waals surface area contributed by atoms with Gasteiger partial charge in [0.2, 0.25) is 0 Å². The van der Waals surface area contributed by atoms with Gasteiger partial charge in [-0.1, -0.05) is 12.1 Å². The molecule has 9 heteroatoms. The van der Waals surface area contributed by atoms with Crippen LogP contribution in [0.15, 0.2) is 42.5 Å². The molecule has 2 rings (SSSR count). The molecule has 1 amide bonds. The molecular weight excluding hydrogens is 349 g/mol. The third kappa shape index (κ3) is 4.75. The summed E-state index contributed by atoms with van der Waals surface area (Å²) in [6.45, 7) is -0.928. The maximum absolute atomic E-state index is 13.4. The Morgan fingerprint density at radius 1 is 1.00 bits per heavy atom. The van der Waals surface area contributed by atoms with Crippen molar-refractivity contribution in [1.29, 1.82) is 0 Å². The van der Waals surface area contributed by atoms with Crippen LogP contribution in [0.2, 0.25) is 0 Å². The zero-order valence-corrected chi connectivity index (χ0v) is 12.4. The number of hydrogen-bond donors (Lipinski definition) is 1. The van der Waals surface area contributed by atoms with Gasteiger partial charge in [-0.3, -0.25) is 4.79 Å². The van der Waals surface area contributed by atoms with E-state index >= 15 is 0 Å². The molecule has 0 aliphatic rings.